The van der Waals surface area contributed by atoms with Crippen molar-refractivity contribution in [2.75, 3.05) is 9.80 Å². The molecule has 0 saturated carbocycles. The molecule has 0 amide bonds. The molecule has 0 atom stereocenters. The Morgan fingerprint density at radius 2 is 0.646 bits per heavy atom. The Bertz CT molecular complexity index is 3310. The number of aromatic nitrogens is 1. The highest BCUT2D eigenvalue weighted by Crippen LogP contribution is 2.43. The molecule has 0 bridgehead atoms. The summed E-state index contributed by atoms with van der Waals surface area (Å²) in [5, 5.41) is 1.23. The maximum Gasteiger partial charge on any atom is 0.0534 e. The molecule has 1 heterocycles. The average molecular weight is 832 g/mol. The first-order valence-corrected chi connectivity index (χ1v) is 22.2. The van der Waals surface area contributed by atoms with E-state index in [0.29, 0.717) is 0 Å². The van der Waals surface area contributed by atoms with Gasteiger partial charge in [0, 0.05) is 51.4 Å². The van der Waals surface area contributed by atoms with E-state index in [0.717, 1.165) is 45.4 Å². The van der Waals surface area contributed by atoms with Gasteiger partial charge in [-0.05, 0) is 142 Å². The number of hydrogen-bond donors (Lipinski definition) is 0. The number of fused-ring (bicyclic) bond motifs is 1. The number of para-hydroxylation sites is 3. The summed E-state index contributed by atoms with van der Waals surface area (Å²) < 4.78 is 2.26. The highest BCUT2D eigenvalue weighted by atomic mass is 15.1. The smallest absolute Gasteiger partial charge is 0.0534 e. The van der Waals surface area contributed by atoms with Crippen LogP contribution in [0.2, 0.25) is 0 Å². The Hall–Kier alpha value is -8.66. The van der Waals surface area contributed by atoms with Crippen molar-refractivity contribution in [3.63, 3.8) is 0 Å². The predicted octanol–water partition coefficient (Wildman–Crippen LogP) is 17.2. The van der Waals surface area contributed by atoms with Crippen LogP contribution in [0.15, 0.2) is 273 Å². The van der Waals surface area contributed by atoms with E-state index in [4.69, 9.17) is 0 Å². The summed E-state index contributed by atoms with van der Waals surface area (Å²) >= 11 is 0. The van der Waals surface area contributed by atoms with Crippen LogP contribution < -0.4 is 9.80 Å². The minimum Gasteiger partial charge on any atom is -0.317 e. The molecule has 3 nitrogen and oxygen atoms in total. The second kappa shape index (κ2) is 17.6. The largest absolute Gasteiger partial charge is 0.317 e. The molecule has 0 aliphatic carbocycles. The molecule has 308 valence electrons. The van der Waals surface area contributed by atoms with Crippen LogP contribution in [-0.2, 0) is 0 Å². The maximum absolute atomic E-state index is 2.35. The zero-order valence-corrected chi connectivity index (χ0v) is 35.8. The lowest BCUT2D eigenvalue weighted by molar-refractivity contribution is 1.13. The minimum atomic E-state index is 1.09. The zero-order valence-electron chi connectivity index (χ0n) is 35.8. The van der Waals surface area contributed by atoms with Gasteiger partial charge in [-0.2, -0.15) is 0 Å². The van der Waals surface area contributed by atoms with E-state index >= 15 is 0 Å². The number of anilines is 6. The van der Waals surface area contributed by atoms with Gasteiger partial charge in [0.05, 0.1) is 5.52 Å². The lowest BCUT2D eigenvalue weighted by atomic mass is 9.93. The molecule has 3 heteroatoms. The first kappa shape index (κ1) is 39.2. The molecule has 0 aliphatic rings. The van der Waals surface area contributed by atoms with Crippen LogP contribution in [0.1, 0.15) is 0 Å². The summed E-state index contributed by atoms with van der Waals surface area (Å²) in [6, 6.07) is 95.6. The van der Waals surface area contributed by atoms with Gasteiger partial charge in [0.1, 0.15) is 0 Å². The molecule has 65 heavy (non-hydrogen) atoms. The molecule has 10 aromatic carbocycles. The molecule has 0 unspecified atom stereocenters. The second-order valence-electron chi connectivity index (χ2n) is 16.2. The van der Waals surface area contributed by atoms with Gasteiger partial charge in [-0.25, -0.2) is 0 Å². The van der Waals surface area contributed by atoms with Crippen molar-refractivity contribution in [2.24, 2.45) is 0 Å². The topological polar surface area (TPSA) is 11.4 Å². The number of rotatable bonds is 11. The van der Waals surface area contributed by atoms with Gasteiger partial charge in [-0.15, -0.1) is 0 Å². The summed E-state index contributed by atoms with van der Waals surface area (Å²) in [7, 11) is 0. The third kappa shape index (κ3) is 7.88. The van der Waals surface area contributed by atoms with Gasteiger partial charge in [-0.3, -0.25) is 0 Å². The SMILES string of the molecule is c1ccc(-c2ccc(N(c3ccccc3)c3ccc(-c4ccc(N(c5ccccc5)c5ccc(-c6cccc7c6ccn7-c6ccccc6)cc5)cc4)c(-c4ccccc4)c3)cc2)cc1. The third-order valence-corrected chi connectivity index (χ3v) is 12.2. The molecule has 11 aromatic rings. The van der Waals surface area contributed by atoms with Crippen LogP contribution >= 0.6 is 0 Å². The Morgan fingerprint density at radius 1 is 0.246 bits per heavy atom. The van der Waals surface area contributed by atoms with Crippen molar-refractivity contribution in [2.45, 2.75) is 0 Å². The van der Waals surface area contributed by atoms with E-state index in [-0.39, 0.29) is 0 Å². The Kier molecular flexibility index (Phi) is 10.6. The van der Waals surface area contributed by atoms with E-state index in [1.807, 2.05) is 0 Å². The number of nitrogens with zero attached hydrogens (tertiary/aromatic N) is 3. The summed E-state index contributed by atoms with van der Waals surface area (Å²) in [5.74, 6) is 0. The second-order valence-corrected chi connectivity index (χ2v) is 16.2. The molecule has 0 N–H and O–H groups in total. The summed E-state index contributed by atoms with van der Waals surface area (Å²) in [6.07, 6.45) is 2.17. The molecular weight excluding hydrogens is 787 g/mol. The fourth-order valence-corrected chi connectivity index (χ4v) is 9.07. The number of benzene rings is 10. The van der Waals surface area contributed by atoms with Crippen LogP contribution in [0.3, 0.4) is 0 Å². The van der Waals surface area contributed by atoms with Gasteiger partial charge < -0.3 is 14.4 Å². The highest BCUT2D eigenvalue weighted by Gasteiger charge is 2.18. The lowest BCUT2D eigenvalue weighted by Gasteiger charge is -2.27. The quantitative estimate of drug-likeness (QED) is 0.129. The molecular formula is C62H45N3. The van der Waals surface area contributed by atoms with E-state index in [2.05, 4.69) is 287 Å². The van der Waals surface area contributed by atoms with Crippen LogP contribution in [0.25, 0.3) is 61.1 Å². The monoisotopic (exact) mass is 831 g/mol. The van der Waals surface area contributed by atoms with Gasteiger partial charge in [0.2, 0.25) is 0 Å². The van der Waals surface area contributed by atoms with Crippen molar-refractivity contribution in [3.05, 3.63) is 273 Å². The lowest BCUT2D eigenvalue weighted by Crippen LogP contribution is -2.10. The highest BCUT2D eigenvalue weighted by molar-refractivity contribution is 5.97. The Balaban J connectivity index is 0.946. The van der Waals surface area contributed by atoms with Crippen molar-refractivity contribution in [1.82, 2.24) is 4.57 Å². The third-order valence-electron chi connectivity index (χ3n) is 12.2. The molecule has 0 spiro atoms. The predicted molar refractivity (Wildman–Crippen MR) is 274 cm³/mol. The summed E-state index contributed by atoms with van der Waals surface area (Å²) in [6.45, 7) is 0. The molecule has 0 aliphatic heterocycles. The Labute approximate surface area is 381 Å². The fourth-order valence-electron chi connectivity index (χ4n) is 9.07. The minimum absolute atomic E-state index is 1.09. The van der Waals surface area contributed by atoms with Crippen LogP contribution in [0, 0.1) is 0 Å². The van der Waals surface area contributed by atoms with Gasteiger partial charge in [0.15, 0.2) is 0 Å². The molecule has 11 rings (SSSR count). The van der Waals surface area contributed by atoms with Crippen LogP contribution in [0.4, 0.5) is 34.1 Å². The van der Waals surface area contributed by atoms with Crippen molar-refractivity contribution < 1.29 is 0 Å². The summed E-state index contributed by atoms with van der Waals surface area (Å²) in [5.41, 5.74) is 18.4. The Morgan fingerprint density at radius 3 is 1.20 bits per heavy atom. The number of hydrogen-bond acceptors (Lipinski definition) is 2. The molecule has 0 saturated heterocycles. The standard InChI is InChI=1S/C62H45N3/c1-6-17-46(18-7-1)47-29-35-56(36-30-47)65(53-25-14-5-15-26-53)57-41-42-59(61(45-57)48-19-8-2-9-20-48)50-33-39-55(40-34-50)64(52-23-12-4-13-24-52)54-37-31-49(32-38-54)58-27-16-28-62-60(58)43-44-63(62)51-21-10-3-11-22-51/h1-45H. The van der Waals surface area contributed by atoms with Crippen molar-refractivity contribution >= 4 is 45.0 Å². The van der Waals surface area contributed by atoms with Crippen LogP contribution in [0.5, 0.6) is 0 Å². The first-order chi connectivity index (χ1) is 32.2. The summed E-state index contributed by atoms with van der Waals surface area (Å²) in [4.78, 5) is 4.68. The van der Waals surface area contributed by atoms with E-state index in [1.54, 1.807) is 0 Å². The molecule has 0 radical (unpaired) electrons. The van der Waals surface area contributed by atoms with Gasteiger partial charge >= 0.3 is 0 Å². The normalized spacial score (nSPS) is 11.1. The van der Waals surface area contributed by atoms with Crippen LogP contribution in [-0.4, -0.2) is 4.57 Å². The van der Waals surface area contributed by atoms with Gasteiger partial charge in [0.25, 0.3) is 0 Å². The maximum atomic E-state index is 2.35. The first-order valence-electron chi connectivity index (χ1n) is 22.2. The molecule has 1 aromatic heterocycles. The zero-order chi connectivity index (χ0) is 43.4. The van der Waals surface area contributed by atoms with Crippen molar-refractivity contribution in [1.29, 1.82) is 0 Å². The fraction of sp³-hybridized carbons (Fsp3) is 0. The van der Waals surface area contributed by atoms with Crippen molar-refractivity contribution in [3.8, 4) is 50.2 Å². The molecule has 0 fully saturated rings. The van der Waals surface area contributed by atoms with E-state index in [1.165, 1.54) is 49.8 Å². The van der Waals surface area contributed by atoms with Gasteiger partial charge in [-0.1, -0.05) is 170 Å². The van der Waals surface area contributed by atoms with E-state index < -0.39 is 0 Å². The average Bonchev–Trinajstić information content (AvgIpc) is 3.84. The van der Waals surface area contributed by atoms with E-state index in [9.17, 15) is 0 Å².